The van der Waals surface area contributed by atoms with Crippen molar-refractivity contribution in [2.75, 3.05) is 6.61 Å². The average molecular weight is 159 g/mol. The van der Waals surface area contributed by atoms with Crippen LogP contribution in [0.2, 0.25) is 0 Å². The summed E-state index contributed by atoms with van der Waals surface area (Å²) in [7, 11) is 0. The molecule has 0 aromatic carbocycles. The maximum Gasteiger partial charge on any atom is 0.326 e. The Morgan fingerprint density at radius 3 is 2.36 bits per heavy atom. The highest BCUT2D eigenvalue weighted by Crippen LogP contribution is 2.29. The lowest BCUT2D eigenvalue weighted by Crippen LogP contribution is -2.57. The van der Waals surface area contributed by atoms with Gasteiger partial charge >= 0.3 is 5.97 Å². The molecule has 2 unspecified atom stereocenters. The second-order valence-electron chi connectivity index (χ2n) is 3.21. The number of hydrogen-bond acceptors (Lipinski definition) is 3. The zero-order valence-electron chi connectivity index (χ0n) is 6.70. The fourth-order valence-corrected chi connectivity index (χ4v) is 1.08. The van der Waals surface area contributed by atoms with E-state index in [9.17, 15) is 4.79 Å². The number of aliphatic carboxylic acids is 1. The molecular weight excluding hydrogens is 146 g/mol. The van der Waals surface area contributed by atoms with Crippen LogP contribution >= 0.6 is 0 Å². The van der Waals surface area contributed by atoms with E-state index >= 15 is 0 Å². The van der Waals surface area contributed by atoms with Crippen molar-refractivity contribution < 1.29 is 14.6 Å². The summed E-state index contributed by atoms with van der Waals surface area (Å²) in [6.45, 7) is 4.05. The topological polar surface area (TPSA) is 75.9 Å². The van der Waals surface area contributed by atoms with Gasteiger partial charge in [-0.1, -0.05) is 13.8 Å². The molecule has 1 saturated heterocycles. The summed E-state index contributed by atoms with van der Waals surface area (Å²) in [6.07, 6.45) is -0.292. The SMILES string of the molecule is CC(C)C(N)(C(=O)O)C1CO1. The molecular formula is C7H13NO3. The third kappa shape index (κ3) is 1.23. The minimum atomic E-state index is -1.19. The van der Waals surface area contributed by atoms with Crippen molar-refractivity contribution in [1.29, 1.82) is 0 Å². The molecule has 0 radical (unpaired) electrons. The number of ether oxygens (including phenoxy) is 1. The van der Waals surface area contributed by atoms with E-state index < -0.39 is 11.5 Å². The summed E-state index contributed by atoms with van der Waals surface area (Å²) in [5.41, 5.74) is 4.47. The van der Waals surface area contributed by atoms with Gasteiger partial charge in [0.1, 0.15) is 11.6 Å². The third-order valence-corrected chi connectivity index (χ3v) is 2.19. The molecule has 0 bridgehead atoms. The molecule has 0 spiro atoms. The van der Waals surface area contributed by atoms with E-state index in [2.05, 4.69) is 0 Å². The van der Waals surface area contributed by atoms with E-state index in [1.54, 1.807) is 13.8 Å². The maximum absolute atomic E-state index is 10.7. The van der Waals surface area contributed by atoms with Crippen LogP contribution in [0.3, 0.4) is 0 Å². The Hall–Kier alpha value is -0.610. The predicted molar refractivity (Wildman–Crippen MR) is 39.1 cm³/mol. The quantitative estimate of drug-likeness (QED) is 0.560. The molecule has 1 rings (SSSR count). The van der Waals surface area contributed by atoms with Gasteiger partial charge in [-0.15, -0.1) is 0 Å². The van der Waals surface area contributed by atoms with Gasteiger partial charge in [0.2, 0.25) is 0 Å². The molecule has 11 heavy (non-hydrogen) atoms. The Morgan fingerprint density at radius 2 is 2.27 bits per heavy atom. The number of carbonyl (C=O) groups is 1. The smallest absolute Gasteiger partial charge is 0.326 e. The first-order valence-electron chi connectivity index (χ1n) is 3.63. The molecule has 64 valence electrons. The van der Waals surface area contributed by atoms with Crippen LogP contribution in [0, 0.1) is 5.92 Å². The van der Waals surface area contributed by atoms with Crippen LogP contribution in [0.5, 0.6) is 0 Å². The molecule has 0 saturated carbocycles. The highest BCUT2D eigenvalue weighted by atomic mass is 16.6. The van der Waals surface area contributed by atoms with Crippen molar-refractivity contribution in [2.24, 2.45) is 11.7 Å². The van der Waals surface area contributed by atoms with E-state index in [0.717, 1.165) is 0 Å². The van der Waals surface area contributed by atoms with Gasteiger partial charge in [0, 0.05) is 0 Å². The van der Waals surface area contributed by atoms with Crippen LogP contribution in [0.25, 0.3) is 0 Å². The van der Waals surface area contributed by atoms with Crippen LogP contribution < -0.4 is 5.73 Å². The first-order chi connectivity index (χ1) is 4.99. The van der Waals surface area contributed by atoms with Gasteiger partial charge < -0.3 is 15.6 Å². The van der Waals surface area contributed by atoms with Crippen LogP contribution in [0.4, 0.5) is 0 Å². The average Bonchev–Trinajstić information content (AvgIpc) is 2.66. The summed E-state index contributed by atoms with van der Waals surface area (Å²) in [4.78, 5) is 10.7. The van der Waals surface area contributed by atoms with E-state index in [1.165, 1.54) is 0 Å². The Bertz CT molecular complexity index is 173. The molecule has 0 aromatic rings. The van der Waals surface area contributed by atoms with Crippen LogP contribution in [-0.2, 0) is 9.53 Å². The van der Waals surface area contributed by atoms with Crippen molar-refractivity contribution in [1.82, 2.24) is 0 Å². The molecule has 1 aliphatic rings. The molecule has 0 aromatic heterocycles. The fourth-order valence-electron chi connectivity index (χ4n) is 1.08. The second kappa shape index (κ2) is 2.46. The first kappa shape index (κ1) is 8.49. The Balaban J connectivity index is 2.77. The zero-order chi connectivity index (χ0) is 8.65. The van der Waals surface area contributed by atoms with Crippen molar-refractivity contribution in [3.8, 4) is 0 Å². The number of carboxylic acids is 1. The molecule has 1 heterocycles. The highest BCUT2D eigenvalue weighted by Gasteiger charge is 2.52. The molecule has 1 aliphatic heterocycles. The normalized spacial score (nSPS) is 28.2. The van der Waals surface area contributed by atoms with Crippen LogP contribution in [-0.4, -0.2) is 29.3 Å². The zero-order valence-corrected chi connectivity index (χ0v) is 6.70. The third-order valence-electron chi connectivity index (χ3n) is 2.19. The first-order valence-corrected chi connectivity index (χ1v) is 3.63. The molecule has 3 N–H and O–H groups in total. The fraction of sp³-hybridized carbons (Fsp3) is 0.857. The summed E-state index contributed by atoms with van der Waals surface area (Å²) in [5.74, 6) is -1.08. The van der Waals surface area contributed by atoms with Gasteiger partial charge in [-0.2, -0.15) is 0 Å². The minimum Gasteiger partial charge on any atom is -0.480 e. The lowest BCUT2D eigenvalue weighted by Gasteiger charge is -2.26. The maximum atomic E-state index is 10.7. The van der Waals surface area contributed by atoms with Gasteiger partial charge in [0.05, 0.1) is 6.61 Å². The van der Waals surface area contributed by atoms with Crippen molar-refractivity contribution in [3.05, 3.63) is 0 Å². The lowest BCUT2D eigenvalue weighted by molar-refractivity contribution is -0.146. The number of hydrogen-bond donors (Lipinski definition) is 2. The number of rotatable bonds is 3. The van der Waals surface area contributed by atoms with Gasteiger partial charge in [0.15, 0.2) is 0 Å². The van der Waals surface area contributed by atoms with Crippen LogP contribution in [0.1, 0.15) is 13.8 Å². The molecule has 4 nitrogen and oxygen atoms in total. The van der Waals surface area contributed by atoms with Crippen LogP contribution in [0.15, 0.2) is 0 Å². The molecule has 4 heteroatoms. The Morgan fingerprint density at radius 1 is 1.82 bits per heavy atom. The largest absolute Gasteiger partial charge is 0.480 e. The van der Waals surface area contributed by atoms with Gasteiger partial charge in [-0.3, -0.25) is 4.79 Å². The standard InChI is InChI=1S/C7H13NO3/c1-4(2)7(8,6(9)10)5-3-11-5/h4-5H,3,8H2,1-2H3,(H,9,10). The lowest BCUT2D eigenvalue weighted by atomic mass is 9.84. The Kier molecular flexibility index (Phi) is 1.90. The van der Waals surface area contributed by atoms with Gasteiger partial charge in [0.25, 0.3) is 0 Å². The van der Waals surface area contributed by atoms with E-state index in [1.807, 2.05) is 0 Å². The summed E-state index contributed by atoms with van der Waals surface area (Å²) < 4.78 is 4.89. The summed E-state index contributed by atoms with van der Waals surface area (Å²) >= 11 is 0. The number of nitrogens with two attached hydrogens (primary N) is 1. The van der Waals surface area contributed by atoms with Crippen molar-refractivity contribution in [2.45, 2.75) is 25.5 Å². The number of carboxylic acid groups (broad SMARTS) is 1. The highest BCUT2D eigenvalue weighted by molar-refractivity contribution is 5.80. The summed E-state index contributed by atoms with van der Waals surface area (Å²) in [6, 6.07) is 0. The van der Waals surface area contributed by atoms with Gasteiger partial charge in [-0.05, 0) is 5.92 Å². The number of epoxide rings is 1. The molecule has 0 aliphatic carbocycles. The summed E-state index contributed by atoms with van der Waals surface area (Å²) in [5, 5.41) is 8.81. The van der Waals surface area contributed by atoms with E-state index in [4.69, 9.17) is 15.6 Å². The second-order valence-corrected chi connectivity index (χ2v) is 3.21. The Labute approximate surface area is 65.3 Å². The predicted octanol–water partition coefficient (Wildman–Crippen LogP) is -0.177. The van der Waals surface area contributed by atoms with Gasteiger partial charge in [-0.25, -0.2) is 0 Å². The van der Waals surface area contributed by atoms with E-state index in [0.29, 0.717) is 6.61 Å². The van der Waals surface area contributed by atoms with Crippen molar-refractivity contribution >= 4 is 5.97 Å². The molecule has 2 atom stereocenters. The molecule has 0 amide bonds. The van der Waals surface area contributed by atoms with Crippen molar-refractivity contribution in [3.63, 3.8) is 0 Å². The minimum absolute atomic E-state index is 0.104. The monoisotopic (exact) mass is 159 g/mol. The van der Waals surface area contributed by atoms with E-state index in [-0.39, 0.29) is 12.0 Å². The molecule has 1 fully saturated rings.